The van der Waals surface area contributed by atoms with Gasteiger partial charge in [-0.25, -0.2) is 14.8 Å². The van der Waals surface area contributed by atoms with Gasteiger partial charge in [0, 0.05) is 42.9 Å². The Balaban J connectivity index is 1.42. The summed E-state index contributed by atoms with van der Waals surface area (Å²) in [6.45, 7) is 1.23. The second kappa shape index (κ2) is 8.30. The van der Waals surface area contributed by atoms with Crippen molar-refractivity contribution < 1.29 is 4.79 Å². The van der Waals surface area contributed by atoms with Crippen LogP contribution in [0.4, 0.5) is 10.5 Å². The number of urea groups is 1. The van der Waals surface area contributed by atoms with Gasteiger partial charge in [-0.1, -0.05) is 18.2 Å². The predicted octanol–water partition coefficient (Wildman–Crippen LogP) is 3.71. The molecule has 2 amide bonds. The molecule has 0 spiro atoms. The fourth-order valence-corrected chi connectivity index (χ4v) is 3.03. The maximum absolute atomic E-state index is 12.0. The molecule has 7 heteroatoms. The summed E-state index contributed by atoms with van der Waals surface area (Å²) in [6, 6.07) is 16.9. The van der Waals surface area contributed by atoms with E-state index >= 15 is 0 Å². The van der Waals surface area contributed by atoms with Crippen molar-refractivity contribution in [2.45, 2.75) is 13.0 Å². The van der Waals surface area contributed by atoms with Crippen molar-refractivity contribution in [1.82, 2.24) is 24.8 Å². The monoisotopic (exact) mass is 372 g/mol. The summed E-state index contributed by atoms with van der Waals surface area (Å²) in [5.74, 6) is 0.852. The molecule has 0 radical (unpaired) electrons. The summed E-state index contributed by atoms with van der Waals surface area (Å²) in [6.07, 6.45) is 6.02. The number of benzene rings is 1. The number of nitrogens with zero attached hydrogens (tertiary/aromatic N) is 4. The van der Waals surface area contributed by atoms with Crippen LogP contribution in [0.3, 0.4) is 0 Å². The Bertz CT molecular complexity index is 1060. The molecule has 0 unspecified atom stereocenters. The molecule has 0 saturated carbocycles. The third kappa shape index (κ3) is 3.98. The highest BCUT2D eigenvalue weighted by Crippen LogP contribution is 2.23. The van der Waals surface area contributed by atoms with Crippen LogP contribution in [0, 0.1) is 0 Å². The number of imidazole rings is 1. The minimum atomic E-state index is -0.214. The molecule has 0 aliphatic carbocycles. The number of carbonyl (C=O) groups is 1. The van der Waals surface area contributed by atoms with Gasteiger partial charge in [0.1, 0.15) is 11.3 Å². The third-order valence-corrected chi connectivity index (χ3v) is 4.32. The lowest BCUT2D eigenvalue weighted by molar-refractivity contribution is 0.252. The Morgan fingerprint density at radius 1 is 0.964 bits per heavy atom. The lowest BCUT2D eigenvalue weighted by atomic mass is 10.2. The number of rotatable bonds is 6. The van der Waals surface area contributed by atoms with E-state index in [4.69, 9.17) is 4.98 Å². The van der Waals surface area contributed by atoms with Gasteiger partial charge in [-0.2, -0.15) is 0 Å². The minimum Gasteiger partial charge on any atom is -0.338 e. The molecule has 28 heavy (non-hydrogen) atoms. The van der Waals surface area contributed by atoms with Crippen LogP contribution in [0.1, 0.15) is 6.42 Å². The molecule has 140 valence electrons. The molecule has 4 rings (SSSR count). The number of hydrogen-bond donors (Lipinski definition) is 2. The molecule has 2 N–H and O–H groups in total. The van der Waals surface area contributed by atoms with Gasteiger partial charge < -0.3 is 15.2 Å². The number of carbonyl (C=O) groups excluding carboxylic acids is 1. The van der Waals surface area contributed by atoms with Crippen LogP contribution in [0.5, 0.6) is 0 Å². The Kier molecular flexibility index (Phi) is 5.24. The van der Waals surface area contributed by atoms with Crippen molar-refractivity contribution >= 4 is 22.9 Å². The summed E-state index contributed by atoms with van der Waals surface area (Å²) in [7, 11) is 0. The highest BCUT2D eigenvalue weighted by atomic mass is 16.2. The molecular formula is C21H20N6O. The summed E-state index contributed by atoms with van der Waals surface area (Å²) in [5, 5.41) is 5.70. The Morgan fingerprint density at radius 3 is 2.61 bits per heavy atom. The predicted molar refractivity (Wildman–Crippen MR) is 109 cm³/mol. The largest absolute Gasteiger partial charge is 0.338 e. The second-order valence-corrected chi connectivity index (χ2v) is 6.27. The molecule has 0 fully saturated rings. The van der Waals surface area contributed by atoms with E-state index in [0.717, 1.165) is 34.7 Å². The first-order chi connectivity index (χ1) is 13.8. The van der Waals surface area contributed by atoms with Gasteiger partial charge in [0.2, 0.25) is 0 Å². The number of amides is 2. The van der Waals surface area contributed by atoms with Gasteiger partial charge >= 0.3 is 6.03 Å². The van der Waals surface area contributed by atoms with E-state index in [0.29, 0.717) is 13.1 Å². The first-order valence-corrected chi connectivity index (χ1v) is 9.13. The van der Waals surface area contributed by atoms with E-state index in [1.807, 2.05) is 54.6 Å². The van der Waals surface area contributed by atoms with Crippen molar-refractivity contribution in [2.75, 3.05) is 11.9 Å². The van der Waals surface area contributed by atoms with E-state index in [2.05, 4.69) is 25.2 Å². The molecule has 4 aromatic rings. The Labute approximate surface area is 162 Å². The molecule has 0 aliphatic heterocycles. The first-order valence-electron chi connectivity index (χ1n) is 9.13. The van der Waals surface area contributed by atoms with Gasteiger partial charge in [-0.3, -0.25) is 4.98 Å². The lowest BCUT2D eigenvalue weighted by Crippen LogP contribution is -2.30. The summed E-state index contributed by atoms with van der Waals surface area (Å²) >= 11 is 0. The molecule has 0 bridgehead atoms. The quantitative estimate of drug-likeness (QED) is 0.505. The number of anilines is 1. The molecule has 7 nitrogen and oxygen atoms in total. The topological polar surface area (TPSA) is 84.7 Å². The van der Waals surface area contributed by atoms with Crippen molar-refractivity contribution in [2.24, 2.45) is 0 Å². The zero-order chi connectivity index (χ0) is 19.2. The Morgan fingerprint density at radius 2 is 1.79 bits per heavy atom. The van der Waals surface area contributed by atoms with Crippen LogP contribution < -0.4 is 10.6 Å². The average Bonchev–Trinajstić information content (AvgIpc) is 3.11. The molecular weight excluding hydrogens is 352 g/mol. The van der Waals surface area contributed by atoms with E-state index in [-0.39, 0.29) is 6.03 Å². The van der Waals surface area contributed by atoms with Crippen molar-refractivity contribution in [3.63, 3.8) is 0 Å². The first kappa shape index (κ1) is 17.7. The normalized spacial score (nSPS) is 10.7. The number of aryl methyl sites for hydroxylation is 1. The van der Waals surface area contributed by atoms with E-state index in [1.54, 1.807) is 18.6 Å². The van der Waals surface area contributed by atoms with Crippen molar-refractivity contribution in [1.29, 1.82) is 0 Å². The number of para-hydroxylation sites is 1. The number of pyridine rings is 2. The third-order valence-electron chi connectivity index (χ3n) is 4.32. The van der Waals surface area contributed by atoms with Crippen molar-refractivity contribution in [3.05, 3.63) is 73.2 Å². The van der Waals surface area contributed by atoms with Gasteiger partial charge in [0.25, 0.3) is 0 Å². The number of hydrogen-bond acceptors (Lipinski definition) is 4. The Hall–Kier alpha value is -3.74. The maximum Gasteiger partial charge on any atom is 0.319 e. The zero-order valence-electron chi connectivity index (χ0n) is 15.2. The zero-order valence-corrected chi connectivity index (χ0v) is 15.2. The lowest BCUT2D eigenvalue weighted by Gasteiger charge is -2.10. The van der Waals surface area contributed by atoms with Crippen LogP contribution >= 0.6 is 0 Å². The van der Waals surface area contributed by atoms with Gasteiger partial charge in [0.05, 0.1) is 0 Å². The van der Waals surface area contributed by atoms with E-state index in [1.165, 1.54) is 0 Å². The number of nitrogens with one attached hydrogen (secondary N) is 2. The van der Waals surface area contributed by atoms with Gasteiger partial charge in [-0.05, 0) is 42.8 Å². The molecule has 3 aromatic heterocycles. The smallest absolute Gasteiger partial charge is 0.319 e. The molecule has 0 atom stereocenters. The van der Waals surface area contributed by atoms with Gasteiger partial charge in [-0.15, -0.1) is 0 Å². The molecule has 0 aliphatic rings. The standard InChI is InChI=1S/C21H20N6O/c28-21(25-17-6-2-1-3-7-17)24-12-5-15-27-19(16-9-13-22-14-10-16)26-18-8-4-11-23-20(18)27/h1-4,6-11,13-14H,5,12,15H2,(H2,24,25,28). The summed E-state index contributed by atoms with van der Waals surface area (Å²) < 4.78 is 2.08. The molecule has 1 aromatic carbocycles. The average molecular weight is 372 g/mol. The van der Waals surface area contributed by atoms with Crippen LogP contribution in [0.25, 0.3) is 22.6 Å². The van der Waals surface area contributed by atoms with Crippen molar-refractivity contribution in [3.8, 4) is 11.4 Å². The minimum absolute atomic E-state index is 0.214. The van der Waals surface area contributed by atoms with E-state index < -0.39 is 0 Å². The van der Waals surface area contributed by atoms with Crippen LogP contribution in [-0.4, -0.2) is 32.1 Å². The second-order valence-electron chi connectivity index (χ2n) is 6.27. The fraction of sp³-hybridized carbons (Fsp3) is 0.143. The molecule has 3 heterocycles. The number of aromatic nitrogens is 4. The van der Waals surface area contributed by atoms with Crippen LogP contribution in [0.15, 0.2) is 73.2 Å². The SMILES string of the molecule is O=C(NCCCn1c(-c2ccncc2)nc2cccnc21)Nc1ccccc1. The summed E-state index contributed by atoms with van der Waals surface area (Å²) in [5.41, 5.74) is 3.44. The highest BCUT2D eigenvalue weighted by Gasteiger charge is 2.13. The van der Waals surface area contributed by atoms with Crippen LogP contribution in [-0.2, 0) is 6.54 Å². The number of fused-ring (bicyclic) bond motifs is 1. The maximum atomic E-state index is 12.0. The molecule has 0 saturated heterocycles. The van der Waals surface area contributed by atoms with Gasteiger partial charge in [0.15, 0.2) is 5.65 Å². The summed E-state index contributed by atoms with van der Waals surface area (Å²) in [4.78, 5) is 25.3. The van der Waals surface area contributed by atoms with Crippen LogP contribution in [0.2, 0.25) is 0 Å². The fourth-order valence-electron chi connectivity index (χ4n) is 3.03. The van der Waals surface area contributed by atoms with E-state index in [9.17, 15) is 4.79 Å². The highest BCUT2D eigenvalue weighted by molar-refractivity contribution is 5.89.